The van der Waals surface area contributed by atoms with Crippen LogP contribution in [0.3, 0.4) is 0 Å². The molecule has 0 radical (unpaired) electrons. The predicted molar refractivity (Wildman–Crippen MR) is 113 cm³/mol. The summed E-state index contributed by atoms with van der Waals surface area (Å²) >= 11 is 6.73. The molecular weight excluding hydrogens is 476 g/mol. The molecule has 0 spiro atoms. The summed E-state index contributed by atoms with van der Waals surface area (Å²) in [7, 11) is 0. The number of rotatable bonds is 8. The van der Waals surface area contributed by atoms with E-state index < -0.39 is 47.2 Å². The molecule has 0 aliphatic carbocycles. The van der Waals surface area contributed by atoms with Crippen molar-refractivity contribution >= 4 is 52.5 Å². The lowest BCUT2D eigenvalue weighted by Crippen LogP contribution is -2.26. The first-order chi connectivity index (χ1) is 15.0. The average molecular weight is 493 g/mol. The molecule has 2 aromatic carbocycles. The molecule has 0 saturated heterocycles. The lowest BCUT2D eigenvalue weighted by atomic mass is 10.2. The number of ether oxygens (including phenoxy) is 1. The zero-order chi connectivity index (χ0) is 23.9. The van der Waals surface area contributed by atoms with Crippen molar-refractivity contribution in [1.82, 2.24) is 0 Å². The highest BCUT2D eigenvalue weighted by Gasteiger charge is 2.31. The first kappa shape index (κ1) is 25.5. The summed E-state index contributed by atoms with van der Waals surface area (Å²) in [4.78, 5) is 35.8. The summed E-state index contributed by atoms with van der Waals surface area (Å²) in [6.07, 6.45) is -4.62. The van der Waals surface area contributed by atoms with E-state index in [9.17, 15) is 31.9 Å². The second kappa shape index (κ2) is 11.2. The van der Waals surface area contributed by atoms with Crippen LogP contribution < -0.4 is 10.6 Å². The zero-order valence-corrected chi connectivity index (χ0v) is 18.0. The maximum absolute atomic E-state index is 12.9. The number of nitrogens with one attached hydrogen (secondary N) is 2. The van der Waals surface area contributed by atoms with Gasteiger partial charge in [0.05, 0.1) is 22.0 Å². The minimum Gasteiger partial charge on any atom is -0.455 e. The van der Waals surface area contributed by atoms with Gasteiger partial charge in [0.15, 0.2) is 6.61 Å². The number of hydrogen-bond acceptors (Lipinski definition) is 5. The molecule has 12 heteroatoms. The second-order valence-corrected chi connectivity index (χ2v) is 8.09. The van der Waals surface area contributed by atoms with Crippen LogP contribution in [-0.4, -0.2) is 35.4 Å². The molecule has 172 valence electrons. The van der Waals surface area contributed by atoms with Gasteiger partial charge in [-0.15, -0.1) is 11.8 Å². The Morgan fingerprint density at radius 1 is 1.06 bits per heavy atom. The van der Waals surface area contributed by atoms with Crippen LogP contribution in [0, 0.1) is 5.82 Å². The van der Waals surface area contributed by atoms with Crippen molar-refractivity contribution in [2.75, 3.05) is 23.0 Å². The van der Waals surface area contributed by atoms with Crippen molar-refractivity contribution in [2.24, 2.45) is 0 Å². The Hall–Kier alpha value is -2.79. The van der Waals surface area contributed by atoms with Crippen molar-refractivity contribution in [3.63, 3.8) is 0 Å². The van der Waals surface area contributed by atoms with E-state index in [1.54, 1.807) is 0 Å². The van der Waals surface area contributed by atoms with Crippen molar-refractivity contribution in [1.29, 1.82) is 0 Å². The van der Waals surface area contributed by atoms with Gasteiger partial charge in [0, 0.05) is 5.69 Å². The molecule has 0 bridgehead atoms. The minimum absolute atomic E-state index is 0.111. The molecule has 32 heavy (non-hydrogen) atoms. The third-order valence-corrected chi connectivity index (χ3v) is 5.29. The summed E-state index contributed by atoms with van der Waals surface area (Å²) in [6.45, 7) is 0.706. The van der Waals surface area contributed by atoms with Crippen LogP contribution in [0.25, 0.3) is 0 Å². The van der Waals surface area contributed by atoms with Crippen LogP contribution in [0.2, 0.25) is 5.02 Å². The van der Waals surface area contributed by atoms with Gasteiger partial charge in [-0.25, -0.2) is 4.39 Å². The molecule has 2 rings (SSSR count). The summed E-state index contributed by atoms with van der Waals surface area (Å²) in [5, 5.41) is 3.76. The molecule has 2 aromatic rings. The summed E-state index contributed by atoms with van der Waals surface area (Å²) in [6, 6.07) is 7.54. The third kappa shape index (κ3) is 8.04. The number of anilines is 2. The minimum atomic E-state index is -4.62. The highest BCUT2D eigenvalue weighted by atomic mass is 35.5. The Balaban J connectivity index is 1.78. The fourth-order valence-electron chi connectivity index (χ4n) is 2.24. The van der Waals surface area contributed by atoms with Crippen LogP contribution in [-0.2, 0) is 25.3 Å². The van der Waals surface area contributed by atoms with E-state index in [0.29, 0.717) is 11.8 Å². The molecule has 6 nitrogen and oxygen atoms in total. The van der Waals surface area contributed by atoms with Crippen LogP contribution in [0.15, 0.2) is 42.5 Å². The van der Waals surface area contributed by atoms with E-state index in [2.05, 4.69) is 10.6 Å². The van der Waals surface area contributed by atoms with E-state index in [-0.39, 0.29) is 16.5 Å². The van der Waals surface area contributed by atoms with E-state index in [1.807, 2.05) is 0 Å². The summed E-state index contributed by atoms with van der Waals surface area (Å²) in [5.41, 5.74) is -0.891. The number of carbonyl (C=O) groups is 3. The largest absolute Gasteiger partial charge is 0.455 e. The summed E-state index contributed by atoms with van der Waals surface area (Å²) in [5.74, 6) is -2.67. The average Bonchev–Trinajstić information content (AvgIpc) is 2.72. The zero-order valence-electron chi connectivity index (χ0n) is 16.5. The number of hydrogen-bond donors (Lipinski definition) is 2. The molecule has 0 heterocycles. The molecule has 0 aliphatic rings. The molecule has 0 saturated carbocycles. The molecule has 0 aliphatic heterocycles. The number of amides is 2. The number of alkyl halides is 3. The van der Waals surface area contributed by atoms with Crippen molar-refractivity contribution in [3.8, 4) is 0 Å². The Kier molecular flexibility index (Phi) is 8.90. The van der Waals surface area contributed by atoms with E-state index in [4.69, 9.17) is 16.3 Å². The normalized spacial score (nSPS) is 12.1. The van der Waals surface area contributed by atoms with Gasteiger partial charge < -0.3 is 15.4 Å². The molecule has 0 fully saturated rings. The van der Waals surface area contributed by atoms with Gasteiger partial charge in [-0.2, -0.15) is 13.2 Å². The van der Waals surface area contributed by atoms with Gasteiger partial charge >= 0.3 is 12.1 Å². The molecule has 1 unspecified atom stereocenters. The number of carbonyl (C=O) groups excluding carboxylic acids is 3. The van der Waals surface area contributed by atoms with Crippen molar-refractivity contribution < 1.29 is 36.7 Å². The van der Waals surface area contributed by atoms with Crippen LogP contribution in [0.1, 0.15) is 12.5 Å². The number of benzene rings is 2. The monoisotopic (exact) mass is 492 g/mol. The topological polar surface area (TPSA) is 84.5 Å². The number of thioether (sulfide) groups is 1. The van der Waals surface area contributed by atoms with Gasteiger partial charge in [0.1, 0.15) is 11.1 Å². The highest BCUT2D eigenvalue weighted by Crippen LogP contribution is 2.33. The van der Waals surface area contributed by atoms with Crippen LogP contribution >= 0.6 is 23.4 Å². The first-order valence-corrected chi connectivity index (χ1v) is 10.4. The third-order valence-electron chi connectivity index (χ3n) is 3.84. The standard InChI is InChI=1S/C20H17ClF4N2O4S/c1-11(32-10-18(29)26-14-5-3-13(22)4-6-14)19(30)31-9-17(28)27-16-8-12(20(23,24)25)2-7-15(16)21/h2-8,11H,9-10H2,1H3,(H,26,29)(H,27,28). The Labute approximate surface area is 189 Å². The first-order valence-electron chi connectivity index (χ1n) is 8.96. The van der Waals surface area contributed by atoms with Gasteiger partial charge in [-0.1, -0.05) is 11.6 Å². The Morgan fingerprint density at radius 3 is 2.34 bits per heavy atom. The smallest absolute Gasteiger partial charge is 0.416 e. The maximum Gasteiger partial charge on any atom is 0.416 e. The van der Waals surface area contributed by atoms with Gasteiger partial charge in [-0.3, -0.25) is 14.4 Å². The molecular formula is C20H17ClF4N2O4S. The lowest BCUT2D eigenvalue weighted by Gasteiger charge is -2.13. The molecule has 2 N–H and O–H groups in total. The van der Waals surface area contributed by atoms with Crippen molar-refractivity contribution in [2.45, 2.75) is 18.3 Å². The Bertz CT molecular complexity index is 987. The van der Waals surface area contributed by atoms with E-state index >= 15 is 0 Å². The molecule has 1 atom stereocenters. The van der Waals surface area contributed by atoms with Gasteiger partial charge in [0.25, 0.3) is 5.91 Å². The highest BCUT2D eigenvalue weighted by molar-refractivity contribution is 8.01. The predicted octanol–water partition coefficient (Wildman–Crippen LogP) is 4.74. The second-order valence-electron chi connectivity index (χ2n) is 6.36. The van der Waals surface area contributed by atoms with Gasteiger partial charge in [0.2, 0.25) is 5.91 Å². The quantitative estimate of drug-likeness (QED) is 0.411. The van der Waals surface area contributed by atoms with Crippen LogP contribution in [0.4, 0.5) is 28.9 Å². The lowest BCUT2D eigenvalue weighted by molar-refractivity contribution is -0.146. The maximum atomic E-state index is 12.9. The number of esters is 1. The molecule has 0 aromatic heterocycles. The van der Waals surface area contributed by atoms with E-state index in [1.165, 1.54) is 31.2 Å². The number of halogens is 5. The fourth-order valence-corrected chi connectivity index (χ4v) is 3.08. The summed E-state index contributed by atoms with van der Waals surface area (Å²) < 4.78 is 56.0. The fraction of sp³-hybridized carbons (Fsp3) is 0.250. The molecule has 2 amide bonds. The van der Waals surface area contributed by atoms with Crippen molar-refractivity contribution in [3.05, 3.63) is 58.9 Å². The SMILES string of the molecule is CC(SCC(=O)Nc1ccc(F)cc1)C(=O)OCC(=O)Nc1cc(C(F)(F)F)ccc1Cl. The van der Waals surface area contributed by atoms with Gasteiger partial charge in [-0.05, 0) is 49.4 Å². The van der Waals surface area contributed by atoms with Crippen LogP contribution in [0.5, 0.6) is 0 Å². The Morgan fingerprint density at radius 2 is 1.72 bits per heavy atom. The van der Waals surface area contributed by atoms with E-state index in [0.717, 1.165) is 23.9 Å².